The van der Waals surface area contributed by atoms with Crippen molar-refractivity contribution < 1.29 is 80.2 Å². The summed E-state index contributed by atoms with van der Waals surface area (Å²) in [7, 11) is -9.91. The van der Waals surface area contributed by atoms with Crippen LogP contribution in [-0.4, -0.2) is 96.7 Å². The van der Waals surface area contributed by atoms with Crippen molar-refractivity contribution in [2.75, 3.05) is 39.6 Å². The highest BCUT2D eigenvalue weighted by Crippen LogP contribution is 2.45. The normalized spacial score (nSPS) is 13.8. The Morgan fingerprint density at radius 1 is 0.267 bits per heavy atom. The van der Waals surface area contributed by atoms with Crippen molar-refractivity contribution in [1.82, 2.24) is 0 Å². The molecule has 0 aromatic carbocycles. The quantitative estimate of drug-likeness (QED) is 0.0222. The Kier molecular flexibility index (Phi) is 73.5. The van der Waals surface area contributed by atoms with Gasteiger partial charge in [0, 0.05) is 25.7 Å². The fourth-order valence-corrected chi connectivity index (χ4v) is 14.3. The molecule has 3 N–H and O–H groups in total. The number of hydrogen-bond acceptors (Lipinski definition) is 15. The smallest absolute Gasteiger partial charge is 0.462 e. The molecule has 5 atom stereocenters. The van der Waals surface area contributed by atoms with Crippen molar-refractivity contribution in [1.29, 1.82) is 0 Å². The van der Waals surface area contributed by atoms with Crippen LogP contribution in [0, 0.1) is 5.92 Å². The van der Waals surface area contributed by atoms with Gasteiger partial charge in [0.15, 0.2) is 12.2 Å². The molecule has 17 nitrogen and oxygen atoms in total. The van der Waals surface area contributed by atoms with E-state index in [1.165, 1.54) is 257 Å². The summed E-state index contributed by atoms with van der Waals surface area (Å²) in [5, 5.41) is 10.6. The first-order valence-corrected chi connectivity index (χ1v) is 45.6. The van der Waals surface area contributed by atoms with Crippen molar-refractivity contribution in [3.8, 4) is 0 Å². The minimum Gasteiger partial charge on any atom is -0.462 e. The number of aliphatic hydroxyl groups excluding tert-OH is 1. The maximum absolute atomic E-state index is 13.1. The molecule has 0 rings (SSSR count). The Balaban J connectivity index is 5.10. The molecule has 600 valence electrons. The lowest BCUT2D eigenvalue weighted by Crippen LogP contribution is -2.30. The van der Waals surface area contributed by atoms with Crippen LogP contribution in [0.5, 0.6) is 0 Å². The van der Waals surface area contributed by atoms with Crippen LogP contribution in [0.1, 0.15) is 439 Å². The fraction of sp³-hybridized carbons (Fsp3) is 0.951. The van der Waals surface area contributed by atoms with E-state index in [1.807, 2.05) is 0 Å². The number of aliphatic hydroxyl groups is 1. The van der Waals surface area contributed by atoms with Crippen LogP contribution in [0.2, 0.25) is 0 Å². The second-order valence-electron chi connectivity index (χ2n) is 30.0. The maximum atomic E-state index is 13.1. The van der Waals surface area contributed by atoms with Crippen LogP contribution >= 0.6 is 15.6 Å². The molecule has 0 amide bonds. The van der Waals surface area contributed by atoms with Gasteiger partial charge in [-0.3, -0.25) is 37.3 Å². The Bertz CT molecular complexity index is 1930. The highest BCUT2D eigenvalue weighted by atomic mass is 31.2. The van der Waals surface area contributed by atoms with E-state index in [9.17, 15) is 43.2 Å². The Morgan fingerprint density at radius 3 is 0.673 bits per heavy atom. The van der Waals surface area contributed by atoms with E-state index in [1.54, 1.807) is 0 Å². The third-order valence-electron chi connectivity index (χ3n) is 19.3. The molecule has 2 unspecified atom stereocenters. The summed E-state index contributed by atoms with van der Waals surface area (Å²) in [6, 6.07) is 0. The van der Waals surface area contributed by atoms with E-state index in [2.05, 4.69) is 34.6 Å². The summed E-state index contributed by atoms with van der Waals surface area (Å²) < 4.78 is 68.5. The van der Waals surface area contributed by atoms with Gasteiger partial charge in [-0.2, -0.15) is 0 Å². The molecule has 0 fully saturated rings. The summed E-state index contributed by atoms with van der Waals surface area (Å²) >= 11 is 0. The first-order valence-electron chi connectivity index (χ1n) is 42.6. The third-order valence-corrected chi connectivity index (χ3v) is 21.2. The SMILES string of the molecule is CCCCCCCCCCCCCCCCCCCCCCCC(=O)OC[C@H](COP(=O)(O)OC[C@@H](O)COP(=O)(O)OC[C@@H](COC(=O)CCCCCCC)OC(=O)CCCCCCCCCCCCCCCC)OC(=O)CCCCCCCCCCCCCCCCCCCCC(C)C. The Labute approximate surface area is 619 Å². The molecule has 0 spiro atoms. The van der Waals surface area contributed by atoms with Gasteiger partial charge in [-0.25, -0.2) is 9.13 Å². The number of hydrogen-bond donors (Lipinski definition) is 3. The van der Waals surface area contributed by atoms with Crippen LogP contribution in [0.4, 0.5) is 0 Å². The highest BCUT2D eigenvalue weighted by Gasteiger charge is 2.30. The largest absolute Gasteiger partial charge is 0.472 e. The van der Waals surface area contributed by atoms with E-state index in [-0.39, 0.29) is 25.7 Å². The van der Waals surface area contributed by atoms with Crippen LogP contribution in [0.25, 0.3) is 0 Å². The second kappa shape index (κ2) is 74.9. The van der Waals surface area contributed by atoms with Gasteiger partial charge in [-0.1, -0.05) is 388 Å². The van der Waals surface area contributed by atoms with Gasteiger partial charge in [0.05, 0.1) is 26.4 Å². The summed E-state index contributed by atoms with van der Waals surface area (Å²) in [5.41, 5.74) is 0. The van der Waals surface area contributed by atoms with Crippen molar-refractivity contribution in [3.05, 3.63) is 0 Å². The van der Waals surface area contributed by atoms with Crippen molar-refractivity contribution in [2.45, 2.75) is 457 Å². The lowest BCUT2D eigenvalue weighted by molar-refractivity contribution is -0.161. The molecule has 0 aromatic heterocycles. The van der Waals surface area contributed by atoms with E-state index < -0.39 is 97.5 Å². The van der Waals surface area contributed by atoms with Gasteiger partial charge in [0.2, 0.25) is 0 Å². The first-order chi connectivity index (χ1) is 49.0. The number of carbonyl (C=O) groups is 4. The van der Waals surface area contributed by atoms with Crippen LogP contribution < -0.4 is 0 Å². The molecule has 19 heteroatoms. The molecule has 0 saturated heterocycles. The van der Waals surface area contributed by atoms with Crippen molar-refractivity contribution >= 4 is 39.5 Å². The van der Waals surface area contributed by atoms with E-state index >= 15 is 0 Å². The molecule has 0 aliphatic rings. The number of rotatable bonds is 82. The highest BCUT2D eigenvalue weighted by molar-refractivity contribution is 7.47. The zero-order valence-corrected chi connectivity index (χ0v) is 67.8. The molecule has 0 aromatic rings. The minimum absolute atomic E-state index is 0.107. The predicted molar refractivity (Wildman–Crippen MR) is 414 cm³/mol. The van der Waals surface area contributed by atoms with E-state index in [0.717, 1.165) is 102 Å². The lowest BCUT2D eigenvalue weighted by atomic mass is 10.0. The Hall–Kier alpha value is -1.94. The number of unbranched alkanes of at least 4 members (excludes halogenated alkanes) is 54. The van der Waals surface area contributed by atoms with Gasteiger partial charge < -0.3 is 33.8 Å². The molecular weight excluding hydrogens is 1320 g/mol. The number of esters is 4. The van der Waals surface area contributed by atoms with Gasteiger partial charge in [-0.15, -0.1) is 0 Å². The topological polar surface area (TPSA) is 237 Å². The lowest BCUT2D eigenvalue weighted by Gasteiger charge is -2.21. The van der Waals surface area contributed by atoms with Crippen LogP contribution in [0.15, 0.2) is 0 Å². The van der Waals surface area contributed by atoms with Crippen LogP contribution in [0.3, 0.4) is 0 Å². The average Bonchev–Trinajstić information content (AvgIpc) is 0.944. The van der Waals surface area contributed by atoms with Crippen molar-refractivity contribution in [3.63, 3.8) is 0 Å². The Morgan fingerprint density at radius 2 is 0.455 bits per heavy atom. The summed E-state index contributed by atoms with van der Waals surface area (Å²) in [5.74, 6) is -1.30. The zero-order chi connectivity index (χ0) is 74.1. The van der Waals surface area contributed by atoms with Gasteiger partial charge >= 0.3 is 39.5 Å². The minimum atomic E-state index is -4.96. The molecule has 0 radical (unpaired) electrons. The second-order valence-corrected chi connectivity index (χ2v) is 32.9. The number of ether oxygens (including phenoxy) is 4. The fourth-order valence-electron chi connectivity index (χ4n) is 12.8. The monoisotopic (exact) mass is 1480 g/mol. The van der Waals surface area contributed by atoms with Crippen LogP contribution in [-0.2, 0) is 65.4 Å². The van der Waals surface area contributed by atoms with E-state index in [0.29, 0.717) is 25.7 Å². The number of phosphoric acid groups is 2. The molecular formula is C82H160O17P2. The van der Waals surface area contributed by atoms with Gasteiger partial charge in [0.1, 0.15) is 19.3 Å². The molecule has 101 heavy (non-hydrogen) atoms. The number of carbonyl (C=O) groups excluding carboxylic acids is 4. The third kappa shape index (κ3) is 76.1. The molecule has 0 bridgehead atoms. The maximum Gasteiger partial charge on any atom is 0.472 e. The first kappa shape index (κ1) is 99.1. The average molecular weight is 1480 g/mol. The summed E-state index contributed by atoms with van der Waals surface area (Å²) in [4.78, 5) is 72.7. The molecule has 0 heterocycles. The molecule has 0 aliphatic heterocycles. The summed E-state index contributed by atoms with van der Waals surface area (Å²) in [6.45, 7) is 7.28. The zero-order valence-electron chi connectivity index (χ0n) is 66.1. The predicted octanol–water partition coefficient (Wildman–Crippen LogP) is 24.8. The van der Waals surface area contributed by atoms with Gasteiger partial charge in [-0.05, 0) is 31.6 Å². The van der Waals surface area contributed by atoms with Crippen molar-refractivity contribution in [2.24, 2.45) is 5.92 Å². The van der Waals surface area contributed by atoms with E-state index in [4.69, 9.17) is 37.0 Å². The standard InChI is InChI=1S/C82H160O17P2/c1-6-9-12-15-17-19-21-23-25-26-27-28-29-33-36-40-43-47-51-56-61-66-80(85)93-72-78(99-82(87)68-63-58-53-49-45-41-37-34-31-30-32-35-38-42-46-50-55-59-64-75(4)5)74-97-101(90,91)95-70-76(83)69-94-100(88,89)96-73-77(71-92-79(84)65-60-54-14-11-8-3)98-81(86)67-62-57-52-48-44-39-24-22-20-18-16-13-10-7-2/h75-78,83H,6-74H2,1-5H3,(H,88,89)(H,90,91)/t76-,77+,78+/m0/s1. The van der Waals surface area contributed by atoms with Gasteiger partial charge in [0.25, 0.3) is 0 Å². The number of phosphoric ester groups is 2. The molecule has 0 aliphatic carbocycles. The molecule has 0 saturated carbocycles. The summed E-state index contributed by atoms with van der Waals surface area (Å²) in [6.07, 6.45) is 67.2.